The van der Waals surface area contributed by atoms with Crippen LogP contribution in [0.3, 0.4) is 0 Å². The van der Waals surface area contributed by atoms with Crippen LogP contribution in [0.4, 0.5) is 0 Å². The molecule has 1 aromatic rings. The van der Waals surface area contributed by atoms with Crippen LogP contribution in [0.1, 0.15) is 37.3 Å². The summed E-state index contributed by atoms with van der Waals surface area (Å²) in [6, 6.07) is 8.62. The number of fused-ring (bicyclic) bond motifs is 1. The first-order valence-corrected chi connectivity index (χ1v) is 4.52. The molecule has 1 aliphatic carbocycles. The van der Waals surface area contributed by atoms with Gasteiger partial charge in [0.1, 0.15) is 0 Å². The summed E-state index contributed by atoms with van der Waals surface area (Å²) in [7, 11) is 0. The van der Waals surface area contributed by atoms with E-state index in [1.54, 1.807) is 0 Å². The lowest BCUT2D eigenvalue weighted by molar-refractivity contribution is 0.801. The van der Waals surface area contributed by atoms with Gasteiger partial charge in [-0.05, 0) is 36.1 Å². The summed E-state index contributed by atoms with van der Waals surface area (Å²) in [5, 5.41) is 0. The highest BCUT2D eigenvalue weighted by atomic mass is 14.2. The molecular weight excluding hydrogens is 144 g/mol. The molecule has 0 fully saturated rings. The molecule has 1 aromatic carbocycles. The maximum Gasteiger partial charge on any atom is 0.00986 e. The Bertz CT molecular complexity index is 321. The van der Waals surface area contributed by atoms with Gasteiger partial charge in [-0.3, -0.25) is 0 Å². The molecule has 1 atom stereocenters. The quantitative estimate of drug-likeness (QED) is 0.586. The monoisotopic (exact) mass is 157 g/mol. The summed E-state index contributed by atoms with van der Waals surface area (Å²) in [4.78, 5) is 0. The molecule has 61 valence electrons. The number of benzene rings is 1. The van der Waals surface area contributed by atoms with Crippen LogP contribution >= 0.6 is 0 Å². The summed E-state index contributed by atoms with van der Waals surface area (Å²) >= 11 is 0. The van der Waals surface area contributed by atoms with Gasteiger partial charge in [-0.15, -0.1) is 0 Å². The molecule has 0 saturated carbocycles. The van der Waals surface area contributed by atoms with Crippen LogP contribution in [-0.4, -0.2) is 0 Å². The highest BCUT2D eigenvalue weighted by Gasteiger charge is 2.18. The molecule has 2 rings (SSSR count). The van der Waals surface area contributed by atoms with Gasteiger partial charge in [0.05, 0.1) is 0 Å². The van der Waals surface area contributed by atoms with Gasteiger partial charge in [0.2, 0.25) is 0 Å². The zero-order valence-corrected chi connectivity index (χ0v) is 7.59. The Morgan fingerprint density at radius 1 is 1.33 bits per heavy atom. The normalized spacial score (nSPS) is 20.5. The zero-order valence-electron chi connectivity index (χ0n) is 7.59. The lowest BCUT2D eigenvalue weighted by Crippen LogP contribution is -1.89. The highest BCUT2D eigenvalue weighted by Crippen LogP contribution is 2.36. The predicted octanol–water partition coefficient (Wildman–Crippen LogP) is 3.40. The van der Waals surface area contributed by atoms with E-state index in [9.17, 15) is 0 Å². The first-order valence-electron chi connectivity index (χ1n) is 4.52. The smallest absolute Gasteiger partial charge is 0.00986 e. The first kappa shape index (κ1) is 7.60. The molecular formula is C12H13. The highest BCUT2D eigenvalue weighted by molar-refractivity contribution is 5.70. The number of hydrogen-bond donors (Lipinski definition) is 0. The van der Waals surface area contributed by atoms with E-state index in [2.05, 4.69) is 44.2 Å². The van der Waals surface area contributed by atoms with Crippen LogP contribution < -0.4 is 0 Å². The summed E-state index contributed by atoms with van der Waals surface area (Å²) in [5.74, 6) is 0.543. The SMILES string of the molecule is CCC1[C]=C(C)c2ccccc21. The average molecular weight is 157 g/mol. The van der Waals surface area contributed by atoms with Crippen molar-refractivity contribution in [2.45, 2.75) is 26.2 Å². The summed E-state index contributed by atoms with van der Waals surface area (Å²) in [6.45, 7) is 4.36. The Balaban J connectivity index is 2.52. The lowest BCUT2D eigenvalue weighted by atomic mass is 9.98. The van der Waals surface area contributed by atoms with Crippen molar-refractivity contribution in [2.24, 2.45) is 0 Å². The van der Waals surface area contributed by atoms with Gasteiger partial charge < -0.3 is 0 Å². The minimum Gasteiger partial charge on any atom is -0.0645 e. The topological polar surface area (TPSA) is 0 Å². The van der Waals surface area contributed by atoms with Crippen molar-refractivity contribution in [3.63, 3.8) is 0 Å². The molecule has 0 N–H and O–H groups in total. The van der Waals surface area contributed by atoms with Crippen molar-refractivity contribution in [2.75, 3.05) is 0 Å². The first-order chi connectivity index (χ1) is 5.83. The van der Waals surface area contributed by atoms with Crippen molar-refractivity contribution in [1.82, 2.24) is 0 Å². The standard InChI is InChI=1S/C12H13/c1-3-10-8-9(2)11-6-4-5-7-12(10)11/h4-7,10H,3H2,1-2H3. The maximum absolute atomic E-state index is 3.49. The number of hydrogen-bond acceptors (Lipinski definition) is 0. The number of allylic oxidation sites excluding steroid dienone is 2. The Morgan fingerprint density at radius 2 is 2.08 bits per heavy atom. The molecule has 1 aliphatic rings. The molecule has 0 spiro atoms. The molecule has 0 heteroatoms. The third-order valence-corrected chi connectivity index (χ3v) is 2.54. The summed E-state index contributed by atoms with van der Waals surface area (Å²) in [5.41, 5.74) is 4.17. The Labute approximate surface area is 73.9 Å². The van der Waals surface area contributed by atoms with Gasteiger partial charge in [-0.1, -0.05) is 31.2 Å². The van der Waals surface area contributed by atoms with E-state index in [1.165, 1.54) is 16.7 Å². The largest absolute Gasteiger partial charge is 0.0645 e. The Hall–Kier alpha value is -1.04. The van der Waals surface area contributed by atoms with Gasteiger partial charge in [0.25, 0.3) is 0 Å². The Kier molecular flexibility index (Phi) is 1.76. The molecule has 1 radical (unpaired) electrons. The maximum atomic E-state index is 3.49. The minimum atomic E-state index is 0.543. The Morgan fingerprint density at radius 3 is 2.83 bits per heavy atom. The molecule has 0 heterocycles. The van der Waals surface area contributed by atoms with E-state index < -0.39 is 0 Å². The fourth-order valence-corrected chi connectivity index (χ4v) is 1.88. The van der Waals surface area contributed by atoms with Crippen LogP contribution in [0.5, 0.6) is 0 Å². The third-order valence-electron chi connectivity index (χ3n) is 2.54. The fourth-order valence-electron chi connectivity index (χ4n) is 1.88. The fraction of sp³-hybridized carbons (Fsp3) is 0.333. The van der Waals surface area contributed by atoms with E-state index >= 15 is 0 Å². The van der Waals surface area contributed by atoms with Crippen molar-refractivity contribution >= 4 is 5.57 Å². The van der Waals surface area contributed by atoms with Crippen molar-refractivity contribution in [3.05, 3.63) is 41.5 Å². The molecule has 0 nitrogen and oxygen atoms in total. The second-order valence-electron chi connectivity index (χ2n) is 3.32. The second-order valence-corrected chi connectivity index (χ2v) is 3.32. The molecule has 0 bridgehead atoms. The molecule has 1 unspecified atom stereocenters. The zero-order chi connectivity index (χ0) is 8.55. The summed E-state index contributed by atoms with van der Waals surface area (Å²) in [6.07, 6.45) is 4.65. The molecule has 12 heavy (non-hydrogen) atoms. The van der Waals surface area contributed by atoms with Crippen LogP contribution in [0, 0.1) is 6.08 Å². The van der Waals surface area contributed by atoms with Gasteiger partial charge in [-0.2, -0.15) is 0 Å². The third kappa shape index (κ3) is 0.989. The van der Waals surface area contributed by atoms with E-state index in [-0.39, 0.29) is 0 Å². The van der Waals surface area contributed by atoms with Crippen molar-refractivity contribution < 1.29 is 0 Å². The van der Waals surface area contributed by atoms with E-state index in [0.717, 1.165) is 6.42 Å². The van der Waals surface area contributed by atoms with Crippen LogP contribution in [0.2, 0.25) is 0 Å². The van der Waals surface area contributed by atoms with Gasteiger partial charge in [0, 0.05) is 5.92 Å². The second kappa shape index (κ2) is 2.78. The predicted molar refractivity (Wildman–Crippen MR) is 51.8 cm³/mol. The lowest BCUT2D eigenvalue weighted by Gasteiger charge is -2.05. The van der Waals surface area contributed by atoms with E-state index in [4.69, 9.17) is 0 Å². The molecule has 0 saturated heterocycles. The van der Waals surface area contributed by atoms with Crippen molar-refractivity contribution in [1.29, 1.82) is 0 Å². The van der Waals surface area contributed by atoms with Crippen LogP contribution in [-0.2, 0) is 0 Å². The molecule has 0 aromatic heterocycles. The van der Waals surface area contributed by atoms with Gasteiger partial charge in [0.15, 0.2) is 0 Å². The van der Waals surface area contributed by atoms with Gasteiger partial charge in [-0.25, -0.2) is 0 Å². The van der Waals surface area contributed by atoms with Gasteiger partial charge >= 0.3 is 0 Å². The van der Waals surface area contributed by atoms with E-state index in [0.29, 0.717) is 5.92 Å². The molecule has 0 aliphatic heterocycles. The summed E-state index contributed by atoms with van der Waals surface area (Å²) < 4.78 is 0. The van der Waals surface area contributed by atoms with Crippen molar-refractivity contribution in [3.8, 4) is 0 Å². The van der Waals surface area contributed by atoms with E-state index in [1.807, 2.05) is 0 Å². The minimum absolute atomic E-state index is 0.543. The average Bonchev–Trinajstić information content (AvgIpc) is 2.44. The molecule has 0 amide bonds. The number of rotatable bonds is 1. The van der Waals surface area contributed by atoms with Crippen LogP contribution in [0.15, 0.2) is 24.3 Å². The van der Waals surface area contributed by atoms with Crippen LogP contribution in [0.25, 0.3) is 5.57 Å².